The summed E-state index contributed by atoms with van der Waals surface area (Å²) in [4.78, 5) is 27.8. The number of phenols is 1. The number of non-ortho nitro benzene ring substituents is 1. The van der Waals surface area contributed by atoms with Crippen molar-refractivity contribution in [2.24, 2.45) is 0 Å². The second-order valence-corrected chi connectivity index (χ2v) is 6.34. The Morgan fingerprint density at radius 2 is 2.24 bits per heavy atom. The van der Waals surface area contributed by atoms with E-state index in [2.05, 4.69) is 10.3 Å². The number of fused-ring (bicyclic) bond motifs is 1. The summed E-state index contributed by atoms with van der Waals surface area (Å²) in [6, 6.07) is 7.35. The number of nitro groups is 1. The zero-order valence-electron chi connectivity index (χ0n) is 13.3. The molecule has 1 aromatic carbocycles. The summed E-state index contributed by atoms with van der Waals surface area (Å²) in [5.74, 6) is -0.391. The fourth-order valence-electron chi connectivity index (χ4n) is 2.62. The molecule has 0 unspecified atom stereocenters. The number of aromatic nitrogens is 1. The molecule has 2 aromatic heterocycles. The van der Waals surface area contributed by atoms with Crippen molar-refractivity contribution in [1.29, 1.82) is 0 Å². The molecule has 0 radical (unpaired) electrons. The number of aromatic hydroxyl groups is 1. The van der Waals surface area contributed by atoms with Crippen molar-refractivity contribution >= 4 is 33.8 Å². The number of pyridine rings is 1. The van der Waals surface area contributed by atoms with Crippen molar-refractivity contribution in [1.82, 2.24) is 10.3 Å². The maximum atomic E-state index is 11.9. The third-order valence-corrected chi connectivity index (χ3v) is 4.77. The van der Waals surface area contributed by atoms with E-state index in [-0.39, 0.29) is 40.2 Å². The Bertz CT molecular complexity index is 940. The number of hydrogen-bond donors (Lipinski definition) is 2. The van der Waals surface area contributed by atoms with Crippen LogP contribution in [0.2, 0.25) is 0 Å². The van der Waals surface area contributed by atoms with Gasteiger partial charge >= 0.3 is 0 Å². The second kappa shape index (κ2) is 6.86. The Balaban J connectivity index is 2.25. The Kier molecular flexibility index (Phi) is 4.62. The molecular weight excluding hydrogens is 342 g/mol. The molecule has 1 amide bonds. The van der Waals surface area contributed by atoms with Gasteiger partial charge in [0, 0.05) is 29.1 Å². The second-order valence-electron chi connectivity index (χ2n) is 5.36. The van der Waals surface area contributed by atoms with E-state index in [4.69, 9.17) is 0 Å². The van der Waals surface area contributed by atoms with Gasteiger partial charge in [-0.1, -0.05) is 13.0 Å². The van der Waals surface area contributed by atoms with Crippen LogP contribution in [0.15, 0.2) is 41.9 Å². The predicted octanol–water partition coefficient (Wildman–Crippen LogP) is 3.53. The lowest BCUT2D eigenvalue weighted by Crippen LogP contribution is -2.28. The minimum Gasteiger partial charge on any atom is -0.505 e. The highest BCUT2D eigenvalue weighted by Gasteiger charge is 2.27. The summed E-state index contributed by atoms with van der Waals surface area (Å²) in [6.45, 7) is 1.71. The highest BCUT2D eigenvalue weighted by molar-refractivity contribution is 7.10. The Morgan fingerprint density at radius 1 is 1.44 bits per heavy atom. The van der Waals surface area contributed by atoms with Gasteiger partial charge in [0.15, 0.2) is 0 Å². The van der Waals surface area contributed by atoms with Crippen molar-refractivity contribution in [3.05, 3.63) is 62.5 Å². The van der Waals surface area contributed by atoms with Crippen LogP contribution in [-0.2, 0) is 4.79 Å². The van der Waals surface area contributed by atoms with Crippen LogP contribution in [-0.4, -0.2) is 20.9 Å². The minimum atomic E-state index is -0.683. The number of nitrogens with one attached hydrogen (secondary N) is 1. The average Bonchev–Trinajstić information content (AvgIpc) is 3.14. The fraction of sp³-hybridized carbons (Fsp3) is 0.176. The van der Waals surface area contributed by atoms with Crippen LogP contribution in [0.3, 0.4) is 0 Å². The molecule has 0 saturated carbocycles. The van der Waals surface area contributed by atoms with Crippen molar-refractivity contribution in [3.63, 3.8) is 0 Å². The Labute approximate surface area is 147 Å². The third-order valence-electron chi connectivity index (χ3n) is 3.84. The molecule has 3 aromatic rings. The van der Waals surface area contributed by atoms with Crippen LogP contribution >= 0.6 is 11.3 Å². The number of carbonyl (C=O) groups excluding carboxylic acids is 1. The summed E-state index contributed by atoms with van der Waals surface area (Å²) in [6.07, 6.45) is 1.72. The summed E-state index contributed by atoms with van der Waals surface area (Å²) in [5.41, 5.74) is 0.226. The van der Waals surface area contributed by atoms with E-state index in [0.717, 1.165) is 4.88 Å². The first kappa shape index (κ1) is 16.8. The lowest BCUT2D eigenvalue weighted by atomic mass is 9.99. The van der Waals surface area contributed by atoms with Crippen LogP contribution < -0.4 is 5.32 Å². The molecule has 0 aliphatic rings. The van der Waals surface area contributed by atoms with Crippen LogP contribution in [0, 0.1) is 10.1 Å². The van der Waals surface area contributed by atoms with Gasteiger partial charge in [-0.15, -0.1) is 11.3 Å². The first-order valence-electron chi connectivity index (χ1n) is 7.60. The molecule has 128 valence electrons. The first-order chi connectivity index (χ1) is 12.0. The van der Waals surface area contributed by atoms with Gasteiger partial charge in [-0.3, -0.25) is 19.9 Å². The van der Waals surface area contributed by atoms with E-state index in [0.29, 0.717) is 0 Å². The van der Waals surface area contributed by atoms with Crippen LogP contribution in [0.1, 0.15) is 29.8 Å². The van der Waals surface area contributed by atoms with Gasteiger partial charge in [0.25, 0.3) is 5.69 Å². The zero-order chi connectivity index (χ0) is 18.0. The number of phenolic OH excluding ortho intramolecular Hbond substituents is 1. The fourth-order valence-corrected chi connectivity index (χ4v) is 3.42. The van der Waals surface area contributed by atoms with E-state index in [9.17, 15) is 20.0 Å². The summed E-state index contributed by atoms with van der Waals surface area (Å²) >= 11 is 1.39. The van der Waals surface area contributed by atoms with E-state index in [1.165, 1.54) is 29.7 Å². The monoisotopic (exact) mass is 357 g/mol. The SMILES string of the molecule is CCC(=O)N[C@@H](c1cccs1)c1cc([N+](=O)[O-])c2cccnc2c1O. The standard InChI is InChI=1S/C17H15N3O4S/c1-2-14(21)19-15(13-6-4-8-25-13)11-9-12(20(23)24)10-5-3-7-18-16(10)17(11)22/h3-9,15,22H,2H2,1H3,(H,19,21)/t15-/m1/s1. The molecule has 0 aliphatic carbocycles. The highest BCUT2D eigenvalue weighted by Crippen LogP contribution is 2.40. The minimum absolute atomic E-state index is 0.138. The molecule has 3 rings (SSSR count). The van der Waals surface area contributed by atoms with E-state index in [1.54, 1.807) is 19.1 Å². The van der Waals surface area contributed by atoms with Gasteiger partial charge < -0.3 is 10.4 Å². The smallest absolute Gasteiger partial charge is 0.279 e. The molecule has 7 nitrogen and oxygen atoms in total. The molecule has 2 heterocycles. The highest BCUT2D eigenvalue weighted by atomic mass is 32.1. The molecule has 1 atom stereocenters. The topological polar surface area (TPSA) is 105 Å². The number of carbonyl (C=O) groups is 1. The van der Waals surface area contributed by atoms with Crippen LogP contribution in [0.25, 0.3) is 10.9 Å². The van der Waals surface area contributed by atoms with Crippen LogP contribution in [0.4, 0.5) is 5.69 Å². The number of thiophene rings is 1. The van der Waals surface area contributed by atoms with Crippen molar-refractivity contribution < 1.29 is 14.8 Å². The molecule has 0 fully saturated rings. The number of hydrogen-bond acceptors (Lipinski definition) is 6. The summed E-state index contributed by atoms with van der Waals surface area (Å²) in [7, 11) is 0. The normalized spacial score (nSPS) is 12.0. The number of rotatable bonds is 5. The first-order valence-corrected chi connectivity index (χ1v) is 8.48. The number of amides is 1. The molecule has 2 N–H and O–H groups in total. The molecule has 8 heteroatoms. The maximum Gasteiger partial charge on any atom is 0.279 e. The Hall–Kier alpha value is -3.00. The van der Waals surface area contributed by atoms with Crippen LogP contribution in [0.5, 0.6) is 5.75 Å². The van der Waals surface area contributed by atoms with E-state index >= 15 is 0 Å². The van der Waals surface area contributed by atoms with Crippen molar-refractivity contribution in [2.75, 3.05) is 0 Å². The van der Waals surface area contributed by atoms with E-state index in [1.807, 2.05) is 11.4 Å². The van der Waals surface area contributed by atoms with Crippen molar-refractivity contribution in [2.45, 2.75) is 19.4 Å². The summed E-state index contributed by atoms with van der Waals surface area (Å²) < 4.78 is 0. The Morgan fingerprint density at radius 3 is 2.88 bits per heavy atom. The number of nitrogens with zero attached hydrogens (tertiary/aromatic N) is 2. The molecular formula is C17H15N3O4S. The maximum absolute atomic E-state index is 11.9. The van der Waals surface area contributed by atoms with E-state index < -0.39 is 11.0 Å². The third kappa shape index (κ3) is 3.16. The zero-order valence-corrected chi connectivity index (χ0v) is 14.1. The predicted molar refractivity (Wildman–Crippen MR) is 94.7 cm³/mol. The lowest BCUT2D eigenvalue weighted by Gasteiger charge is -2.19. The number of benzene rings is 1. The van der Waals surface area contributed by atoms with Gasteiger partial charge in [-0.2, -0.15) is 0 Å². The van der Waals surface area contributed by atoms with Gasteiger partial charge in [0.05, 0.1) is 16.4 Å². The lowest BCUT2D eigenvalue weighted by molar-refractivity contribution is -0.383. The van der Waals surface area contributed by atoms with Gasteiger partial charge in [-0.25, -0.2) is 0 Å². The van der Waals surface area contributed by atoms with Crippen molar-refractivity contribution in [3.8, 4) is 5.75 Å². The molecule has 0 saturated heterocycles. The summed E-state index contributed by atoms with van der Waals surface area (Å²) in [5, 5.41) is 27.1. The molecule has 0 bridgehead atoms. The number of nitro benzene ring substituents is 1. The average molecular weight is 357 g/mol. The van der Waals surface area contributed by atoms with Gasteiger partial charge in [0.2, 0.25) is 5.91 Å². The molecule has 25 heavy (non-hydrogen) atoms. The van der Waals surface area contributed by atoms with Gasteiger partial charge in [0.1, 0.15) is 11.3 Å². The largest absolute Gasteiger partial charge is 0.505 e. The molecule has 0 aliphatic heterocycles. The quantitative estimate of drug-likeness (QED) is 0.537. The molecule has 0 spiro atoms. The van der Waals surface area contributed by atoms with Gasteiger partial charge in [-0.05, 0) is 23.6 Å².